The highest BCUT2D eigenvalue weighted by molar-refractivity contribution is 7.89. The predicted molar refractivity (Wildman–Crippen MR) is 75.3 cm³/mol. The number of nitrogens with zero attached hydrogens (tertiary/aromatic N) is 3. The molecule has 7 heteroatoms. The van der Waals surface area contributed by atoms with Gasteiger partial charge in [-0.25, -0.2) is 12.7 Å². The quantitative estimate of drug-likeness (QED) is 0.862. The van der Waals surface area contributed by atoms with Crippen molar-refractivity contribution in [3.05, 3.63) is 11.4 Å². The van der Waals surface area contributed by atoms with E-state index in [0.717, 1.165) is 0 Å². The molecule has 0 saturated carbocycles. The van der Waals surface area contributed by atoms with Crippen LogP contribution in [0.4, 0.5) is 0 Å². The van der Waals surface area contributed by atoms with Crippen molar-refractivity contribution >= 4 is 10.0 Å². The van der Waals surface area contributed by atoms with E-state index in [4.69, 9.17) is 5.73 Å². The molecule has 110 valence electrons. The first-order valence-electron chi connectivity index (χ1n) is 6.19. The zero-order valence-corrected chi connectivity index (χ0v) is 13.4. The monoisotopic (exact) mass is 288 g/mol. The molecule has 6 nitrogen and oxygen atoms in total. The van der Waals surface area contributed by atoms with Crippen LogP contribution in [0.2, 0.25) is 0 Å². The van der Waals surface area contributed by atoms with Crippen molar-refractivity contribution < 1.29 is 8.42 Å². The average Bonchev–Trinajstić information content (AvgIpc) is 2.52. The first kappa shape index (κ1) is 16.1. The van der Waals surface area contributed by atoms with Gasteiger partial charge in [0.2, 0.25) is 10.0 Å². The van der Waals surface area contributed by atoms with Crippen LogP contribution in [0.25, 0.3) is 0 Å². The molecule has 0 atom stereocenters. The second kappa shape index (κ2) is 5.22. The maximum Gasteiger partial charge on any atom is 0.246 e. The number of rotatable bonds is 5. The molecule has 0 fully saturated rings. The zero-order chi connectivity index (χ0) is 15.0. The molecule has 1 rings (SSSR count). The van der Waals surface area contributed by atoms with Crippen LogP contribution in [0, 0.1) is 19.3 Å². The summed E-state index contributed by atoms with van der Waals surface area (Å²) in [7, 11) is -0.205. The van der Waals surface area contributed by atoms with Gasteiger partial charge in [0.15, 0.2) is 0 Å². The summed E-state index contributed by atoms with van der Waals surface area (Å²) in [6.45, 7) is 8.16. The molecule has 0 aromatic carbocycles. The van der Waals surface area contributed by atoms with Crippen LogP contribution >= 0.6 is 0 Å². The van der Waals surface area contributed by atoms with Gasteiger partial charge in [-0.15, -0.1) is 0 Å². The smallest absolute Gasteiger partial charge is 0.246 e. The van der Waals surface area contributed by atoms with Crippen LogP contribution in [-0.4, -0.2) is 42.6 Å². The SMILES string of the molecule is Cc1nn(C)c(C)c1S(=O)(=O)N(C)CC(C)(C)CN. The van der Waals surface area contributed by atoms with Crippen LogP contribution in [0.5, 0.6) is 0 Å². The maximum atomic E-state index is 12.6. The largest absolute Gasteiger partial charge is 0.330 e. The van der Waals surface area contributed by atoms with Crippen LogP contribution < -0.4 is 5.73 Å². The highest BCUT2D eigenvalue weighted by atomic mass is 32.2. The van der Waals surface area contributed by atoms with Crippen LogP contribution in [0.3, 0.4) is 0 Å². The molecule has 0 saturated heterocycles. The summed E-state index contributed by atoms with van der Waals surface area (Å²) in [6.07, 6.45) is 0. The topological polar surface area (TPSA) is 81.2 Å². The first-order valence-corrected chi connectivity index (χ1v) is 7.63. The molecule has 0 aliphatic carbocycles. The second-order valence-electron chi connectivity index (χ2n) is 5.75. The standard InChI is InChI=1S/C12H24N4O2S/c1-9-11(10(2)16(6)14-9)19(17,18)15(5)8-12(3,4)7-13/h7-8,13H2,1-6H3. The van der Waals surface area contributed by atoms with Gasteiger partial charge < -0.3 is 5.73 Å². The number of aryl methyl sites for hydroxylation is 2. The summed E-state index contributed by atoms with van der Waals surface area (Å²) >= 11 is 0. The summed E-state index contributed by atoms with van der Waals surface area (Å²) in [5, 5.41) is 4.16. The van der Waals surface area contributed by atoms with Crippen LogP contribution in [-0.2, 0) is 17.1 Å². The fraction of sp³-hybridized carbons (Fsp3) is 0.750. The van der Waals surface area contributed by atoms with Gasteiger partial charge in [-0.05, 0) is 25.8 Å². The van der Waals surface area contributed by atoms with E-state index >= 15 is 0 Å². The highest BCUT2D eigenvalue weighted by Gasteiger charge is 2.31. The average molecular weight is 288 g/mol. The van der Waals surface area contributed by atoms with Gasteiger partial charge in [0.25, 0.3) is 0 Å². The fourth-order valence-corrected chi connectivity index (χ4v) is 3.79. The molecular formula is C12H24N4O2S. The first-order chi connectivity index (χ1) is 8.53. The van der Waals surface area contributed by atoms with E-state index in [1.807, 2.05) is 13.8 Å². The van der Waals surface area contributed by atoms with Gasteiger partial charge in [-0.2, -0.15) is 5.10 Å². The van der Waals surface area contributed by atoms with Crippen molar-refractivity contribution in [2.24, 2.45) is 18.2 Å². The van der Waals surface area contributed by atoms with Gasteiger partial charge >= 0.3 is 0 Å². The lowest BCUT2D eigenvalue weighted by Crippen LogP contribution is -2.40. The Bertz CT molecular complexity index is 561. The Morgan fingerprint density at radius 2 is 1.89 bits per heavy atom. The Kier molecular flexibility index (Phi) is 4.44. The van der Waals surface area contributed by atoms with E-state index in [9.17, 15) is 8.42 Å². The maximum absolute atomic E-state index is 12.6. The number of hydrogen-bond donors (Lipinski definition) is 1. The molecule has 0 spiro atoms. The molecule has 2 N–H and O–H groups in total. The molecular weight excluding hydrogens is 264 g/mol. The third-order valence-corrected chi connectivity index (χ3v) is 5.37. The highest BCUT2D eigenvalue weighted by Crippen LogP contribution is 2.24. The lowest BCUT2D eigenvalue weighted by molar-refractivity contribution is 0.291. The molecule has 1 heterocycles. The summed E-state index contributed by atoms with van der Waals surface area (Å²) in [5.74, 6) is 0. The Hall–Kier alpha value is -0.920. The molecule has 0 aliphatic heterocycles. The molecule has 1 aromatic rings. The Morgan fingerprint density at radius 1 is 1.37 bits per heavy atom. The van der Waals surface area contributed by atoms with Crippen molar-refractivity contribution in [2.75, 3.05) is 20.1 Å². The van der Waals surface area contributed by atoms with Gasteiger partial charge in [0.1, 0.15) is 4.90 Å². The van der Waals surface area contributed by atoms with Crippen molar-refractivity contribution in [3.8, 4) is 0 Å². The zero-order valence-electron chi connectivity index (χ0n) is 12.6. The van der Waals surface area contributed by atoms with Crippen LogP contribution in [0.1, 0.15) is 25.2 Å². The van der Waals surface area contributed by atoms with E-state index in [0.29, 0.717) is 29.4 Å². The summed E-state index contributed by atoms with van der Waals surface area (Å²) in [4.78, 5) is 0.297. The van der Waals surface area contributed by atoms with Crippen molar-refractivity contribution in [3.63, 3.8) is 0 Å². The second-order valence-corrected chi connectivity index (χ2v) is 7.73. The van der Waals surface area contributed by atoms with Gasteiger partial charge in [-0.1, -0.05) is 13.8 Å². The minimum Gasteiger partial charge on any atom is -0.330 e. The molecule has 0 aliphatic rings. The molecule has 19 heavy (non-hydrogen) atoms. The number of sulfonamides is 1. The molecule has 1 aromatic heterocycles. The molecule has 0 unspecified atom stereocenters. The normalized spacial score (nSPS) is 13.3. The lowest BCUT2D eigenvalue weighted by atomic mass is 9.94. The van der Waals surface area contributed by atoms with Crippen LogP contribution in [0.15, 0.2) is 4.90 Å². The summed E-state index contributed by atoms with van der Waals surface area (Å²) < 4.78 is 28.2. The van der Waals surface area contributed by atoms with E-state index in [1.54, 1.807) is 32.6 Å². The Morgan fingerprint density at radius 3 is 2.26 bits per heavy atom. The number of nitrogens with two attached hydrogens (primary N) is 1. The Balaban J connectivity index is 3.18. The Labute approximate surface area is 115 Å². The number of hydrogen-bond acceptors (Lipinski definition) is 4. The summed E-state index contributed by atoms with van der Waals surface area (Å²) in [6, 6.07) is 0. The van der Waals surface area contributed by atoms with Crippen molar-refractivity contribution in [1.82, 2.24) is 14.1 Å². The van der Waals surface area contributed by atoms with E-state index < -0.39 is 10.0 Å². The number of aromatic nitrogens is 2. The van der Waals surface area contributed by atoms with Crippen molar-refractivity contribution in [1.29, 1.82) is 0 Å². The molecule has 0 radical (unpaired) electrons. The minimum absolute atomic E-state index is 0.258. The predicted octanol–water partition coefficient (Wildman–Crippen LogP) is 0.642. The molecule has 0 amide bonds. The lowest BCUT2D eigenvalue weighted by Gasteiger charge is -2.28. The summed E-state index contributed by atoms with van der Waals surface area (Å²) in [5.41, 5.74) is 6.58. The van der Waals surface area contributed by atoms with E-state index in [-0.39, 0.29) is 5.41 Å². The minimum atomic E-state index is -3.53. The van der Waals surface area contributed by atoms with Gasteiger partial charge in [0.05, 0.1) is 11.4 Å². The van der Waals surface area contributed by atoms with E-state index in [2.05, 4.69) is 5.10 Å². The third kappa shape index (κ3) is 3.16. The van der Waals surface area contributed by atoms with Gasteiger partial charge in [0, 0.05) is 20.6 Å². The van der Waals surface area contributed by atoms with Crippen molar-refractivity contribution in [2.45, 2.75) is 32.6 Å². The van der Waals surface area contributed by atoms with Gasteiger partial charge in [-0.3, -0.25) is 4.68 Å². The van der Waals surface area contributed by atoms with E-state index in [1.165, 1.54) is 4.31 Å². The fourth-order valence-electron chi connectivity index (χ4n) is 2.04. The molecule has 0 bridgehead atoms. The third-order valence-electron chi connectivity index (χ3n) is 3.31.